The molecule has 0 amide bonds. The molecule has 1 aliphatic rings. The highest BCUT2D eigenvalue weighted by Gasteiger charge is 2.45. The van der Waals surface area contributed by atoms with Crippen LogP contribution in [0.5, 0.6) is 5.75 Å². The van der Waals surface area contributed by atoms with Crippen LogP contribution in [0.15, 0.2) is 30.3 Å². The van der Waals surface area contributed by atoms with Crippen LogP contribution in [0.3, 0.4) is 0 Å². The maximum atomic E-state index is 11.6. The van der Waals surface area contributed by atoms with E-state index in [4.69, 9.17) is 9.47 Å². The summed E-state index contributed by atoms with van der Waals surface area (Å²) in [6.07, 6.45) is 3.37. The van der Waals surface area contributed by atoms with E-state index in [0.29, 0.717) is 13.2 Å². The van der Waals surface area contributed by atoms with Gasteiger partial charge in [-0.05, 0) is 37.6 Å². The summed E-state index contributed by atoms with van der Waals surface area (Å²) in [5.41, 5.74) is 0.410. The van der Waals surface area contributed by atoms with E-state index in [-0.39, 0.29) is 5.78 Å². The van der Waals surface area contributed by atoms with Gasteiger partial charge in [0, 0.05) is 0 Å². The van der Waals surface area contributed by atoms with Gasteiger partial charge in [-0.15, -0.1) is 0 Å². The number of epoxide rings is 1. The predicted octanol–water partition coefficient (Wildman–Crippen LogP) is 2.46. The van der Waals surface area contributed by atoms with Gasteiger partial charge in [-0.2, -0.15) is 0 Å². The number of carbonyl (C=O) groups is 1. The molecule has 0 bridgehead atoms. The Kier molecular flexibility index (Phi) is 3.29. The minimum atomic E-state index is -0.568. The first-order valence-electron chi connectivity index (χ1n) is 5.73. The lowest BCUT2D eigenvalue weighted by molar-refractivity contribution is -0.118. The molecule has 1 heterocycles. The van der Waals surface area contributed by atoms with Gasteiger partial charge in [-0.25, -0.2) is 0 Å². The number of rotatable bonds is 5. The van der Waals surface area contributed by atoms with Crippen molar-refractivity contribution in [1.82, 2.24) is 0 Å². The van der Waals surface area contributed by atoms with Crippen LogP contribution in [0.1, 0.15) is 19.4 Å². The third-order valence-electron chi connectivity index (χ3n) is 2.72. The molecular weight excluding hydrogens is 216 g/mol. The molecule has 1 atom stereocenters. The highest BCUT2D eigenvalue weighted by Crippen LogP contribution is 2.27. The van der Waals surface area contributed by atoms with Gasteiger partial charge in [0.25, 0.3) is 0 Å². The number of carbonyl (C=O) groups excluding carboxylic acids is 1. The Morgan fingerprint density at radius 1 is 1.47 bits per heavy atom. The van der Waals surface area contributed by atoms with Crippen molar-refractivity contribution >= 4 is 11.9 Å². The van der Waals surface area contributed by atoms with Gasteiger partial charge in [0.1, 0.15) is 5.75 Å². The second-order valence-electron chi connectivity index (χ2n) is 4.22. The Balaban J connectivity index is 1.98. The van der Waals surface area contributed by atoms with Crippen LogP contribution in [0, 0.1) is 0 Å². The molecule has 1 saturated heterocycles. The quantitative estimate of drug-likeness (QED) is 0.578. The molecule has 1 fully saturated rings. The van der Waals surface area contributed by atoms with Crippen LogP contribution >= 0.6 is 0 Å². The second kappa shape index (κ2) is 4.72. The van der Waals surface area contributed by atoms with Crippen molar-refractivity contribution in [3.05, 3.63) is 35.9 Å². The van der Waals surface area contributed by atoms with Crippen molar-refractivity contribution in [3.8, 4) is 5.75 Å². The second-order valence-corrected chi connectivity index (χ2v) is 4.22. The Hall–Kier alpha value is -1.61. The smallest absolute Gasteiger partial charge is 0.189 e. The fourth-order valence-electron chi connectivity index (χ4n) is 1.44. The summed E-state index contributed by atoms with van der Waals surface area (Å²) in [7, 11) is 0. The van der Waals surface area contributed by atoms with E-state index in [9.17, 15) is 4.79 Å². The summed E-state index contributed by atoms with van der Waals surface area (Å²) in [4.78, 5) is 11.6. The van der Waals surface area contributed by atoms with Crippen molar-refractivity contribution in [2.24, 2.45) is 0 Å². The van der Waals surface area contributed by atoms with Crippen LogP contribution < -0.4 is 4.74 Å². The van der Waals surface area contributed by atoms with Crippen molar-refractivity contribution in [2.75, 3.05) is 13.2 Å². The molecule has 0 saturated carbocycles. The van der Waals surface area contributed by atoms with E-state index < -0.39 is 5.60 Å². The van der Waals surface area contributed by atoms with Gasteiger partial charge < -0.3 is 9.47 Å². The van der Waals surface area contributed by atoms with E-state index in [1.165, 1.54) is 0 Å². The fraction of sp³-hybridized carbons (Fsp3) is 0.357. The molecule has 0 aromatic heterocycles. The topological polar surface area (TPSA) is 38.8 Å². The lowest BCUT2D eigenvalue weighted by atomic mass is 10.1. The minimum absolute atomic E-state index is 0.0198. The number of benzene rings is 1. The van der Waals surface area contributed by atoms with Crippen LogP contribution in [-0.2, 0) is 9.53 Å². The average molecular weight is 232 g/mol. The number of hydrogen-bond acceptors (Lipinski definition) is 3. The van der Waals surface area contributed by atoms with E-state index in [1.54, 1.807) is 19.1 Å². The van der Waals surface area contributed by atoms with Gasteiger partial charge in [0.15, 0.2) is 11.4 Å². The van der Waals surface area contributed by atoms with Crippen LogP contribution in [0.25, 0.3) is 6.08 Å². The molecule has 0 N–H and O–H groups in total. The maximum Gasteiger partial charge on any atom is 0.189 e. The number of ketones is 1. The lowest BCUT2D eigenvalue weighted by Crippen LogP contribution is -2.17. The van der Waals surface area contributed by atoms with Gasteiger partial charge in [0.05, 0.1) is 13.2 Å². The summed E-state index contributed by atoms with van der Waals surface area (Å²) in [5.74, 6) is 0.861. The highest BCUT2D eigenvalue weighted by molar-refractivity contribution is 6.01. The van der Waals surface area contributed by atoms with Crippen molar-refractivity contribution in [3.63, 3.8) is 0 Å². The van der Waals surface area contributed by atoms with Gasteiger partial charge in [0.2, 0.25) is 0 Å². The molecule has 17 heavy (non-hydrogen) atoms. The van der Waals surface area contributed by atoms with Crippen molar-refractivity contribution < 1.29 is 14.3 Å². The summed E-state index contributed by atoms with van der Waals surface area (Å²) in [6, 6.07) is 7.63. The van der Waals surface area contributed by atoms with E-state index >= 15 is 0 Å². The Morgan fingerprint density at radius 3 is 2.65 bits per heavy atom. The maximum absolute atomic E-state index is 11.6. The molecule has 0 spiro atoms. The SMILES string of the molecule is CCOc1ccc(/C=C/C(=O)[C@@]2(C)CO2)cc1. The Bertz CT molecular complexity index is 427. The zero-order valence-electron chi connectivity index (χ0n) is 10.1. The first kappa shape index (κ1) is 11.9. The van der Waals surface area contributed by atoms with Crippen LogP contribution in [0.2, 0.25) is 0 Å². The highest BCUT2D eigenvalue weighted by atomic mass is 16.6. The standard InChI is InChI=1S/C14H16O3/c1-3-16-12-7-4-11(5-8-12)6-9-13(15)14(2)10-17-14/h4-9H,3,10H2,1-2H3/b9-6+/t14-/m1/s1. The average Bonchev–Trinajstić information content (AvgIpc) is 3.08. The lowest BCUT2D eigenvalue weighted by Gasteiger charge is -2.02. The van der Waals surface area contributed by atoms with Gasteiger partial charge >= 0.3 is 0 Å². The number of ether oxygens (including phenoxy) is 2. The molecule has 2 rings (SSSR count). The summed E-state index contributed by atoms with van der Waals surface area (Å²) in [5, 5.41) is 0. The predicted molar refractivity (Wildman–Crippen MR) is 66.0 cm³/mol. The Morgan fingerprint density at radius 2 is 2.12 bits per heavy atom. The zero-order chi connectivity index (χ0) is 12.3. The molecule has 0 radical (unpaired) electrons. The van der Waals surface area contributed by atoms with E-state index in [2.05, 4.69) is 0 Å². The van der Waals surface area contributed by atoms with E-state index in [1.807, 2.05) is 31.2 Å². The summed E-state index contributed by atoms with van der Waals surface area (Å²) in [6.45, 7) is 4.93. The molecule has 0 unspecified atom stereocenters. The molecule has 1 aromatic carbocycles. The van der Waals surface area contributed by atoms with Crippen molar-refractivity contribution in [1.29, 1.82) is 0 Å². The summed E-state index contributed by atoms with van der Waals surface area (Å²) < 4.78 is 10.4. The minimum Gasteiger partial charge on any atom is -0.494 e. The molecule has 3 nitrogen and oxygen atoms in total. The molecule has 1 aromatic rings. The monoisotopic (exact) mass is 232 g/mol. The third-order valence-corrected chi connectivity index (χ3v) is 2.72. The van der Waals surface area contributed by atoms with Gasteiger partial charge in [-0.3, -0.25) is 4.79 Å². The summed E-state index contributed by atoms with van der Waals surface area (Å²) >= 11 is 0. The zero-order valence-corrected chi connectivity index (χ0v) is 10.1. The van der Waals surface area contributed by atoms with E-state index in [0.717, 1.165) is 11.3 Å². The molecule has 90 valence electrons. The number of hydrogen-bond donors (Lipinski definition) is 0. The fourth-order valence-corrected chi connectivity index (χ4v) is 1.44. The first-order chi connectivity index (χ1) is 8.14. The molecule has 1 aliphatic heterocycles. The molecule has 3 heteroatoms. The largest absolute Gasteiger partial charge is 0.494 e. The van der Waals surface area contributed by atoms with Gasteiger partial charge in [-0.1, -0.05) is 18.2 Å². The molecular formula is C14H16O3. The van der Waals surface area contributed by atoms with Crippen molar-refractivity contribution in [2.45, 2.75) is 19.4 Å². The first-order valence-corrected chi connectivity index (χ1v) is 5.73. The normalized spacial score (nSPS) is 22.7. The van der Waals surface area contributed by atoms with Crippen LogP contribution in [0.4, 0.5) is 0 Å². The molecule has 0 aliphatic carbocycles. The Labute approximate surface area is 101 Å². The third kappa shape index (κ3) is 2.94. The van der Waals surface area contributed by atoms with Crippen LogP contribution in [-0.4, -0.2) is 24.6 Å².